The Balaban J connectivity index is 1.86. The molecule has 0 fully saturated rings. The molecule has 2 aromatic carbocycles. The summed E-state index contributed by atoms with van der Waals surface area (Å²) in [5.74, 6) is 0.498. The molecule has 0 saturated heterocycles. The molecular formula is C18H19ClN2O2S. The fourth-order valence-corrected chi connectivity index (χ4v) is 2.34. The molecule has 0 atom stereocenters. The van der Waals surface area contributed by atoms with Gasteiger partial charge in [0.15, 0.2) is 5.11 Å². The number of halogens is 1. The quantitative estimate of drug-likeness (QED) is 0.580. The van der Waals surface area contributed by atoms with E-state index in [2.05, 4.69) is 17.6 Å². The standard InChI is InChI=1S/C18H19ClN2O2S/c1-2-3-11-23-16-9-7-15(8-10-16)20-18(24)21-17(22)13-5-4-6-14(19)12-13/h4-10,12H,2-3,11H2,1H3,(H2,20,21,22,24). The highest BCUT2D eigenvalue weighted by molar-refractivity contribution is 7.80. The van der Waals surface area contributed by atoms with Gasteiger partial charge in [0.25, 0.3) is 5.91 Å². The van der Waals surface area contributed by atoms with Crippen LogP contribution < -0.4 is 15.4 Å². The van der Waals surface area contributed by atoms with Crippen LogP contribution in [0.3, 0.4) is 0 Å². The topological polar surface area (TPSA) is 50.4 Å². The molecule has 0 aliphatic carbocycles. The van der Waals surface area contributed by atoms with E-state index < -0.39 is 0 Å². The van der Waals surface area contributed by atoms with Crippen LogP contribution in [0.5, 0.6) is 5.75 Å². The smallest absolute Gasteiger partial charge is 0.257 e. The van der Waals surface area contributed by atoms with E-state index in [1.807, 2.05) is 24.3 Å². The maximum atomic E-state index is 12.1. The average Bonchev–Trinajstić information content (AvgIpc) is 2.56. The highest BCUT2D eigenvalue weighted by Crippen LogP contribution is 2.16. The molecule has 0 spiro atoms. The van der Waals surface area contributed by atoms with Crippen molar-refractivity contribution in [2.45, 2.75) is 19.8 Å². The van der Waals surface area contributed by atoms with Crippen molar-refractivity contribution in [2.24, 2.45) is 0 Å². The number of ether oxygens (including phenoxy) is 1. The van der Waals surface area contributed by atoms with Crippen LogP contribution in [-0.2, 0) is 0 Å². The van der Waals surface area contributed by atoms with Crippen molar-refractivity contribution >= 4 is 40.5 Å². The predicted octanol–water partition coefficient (Wildman–Crippen LogP) is 4.65. The summed E-state index contributed by atoms with van der Waals surface area (Å²) in [4.78, 5) is 12.1. The number of thiocarbonyl (C=S) groups is 1. The first-order chi connectivity index (χ1) is 11.6. The van der Waals surface area contributed by atoms with E-state index in [9.17, 15) is 4.79 Å². The van der Waals surface area contributed by atoms with E-state index in [1.54, 1.807) is 24.3 Å². The molecule has 0 heterocycles. The van der Waals surface area contributed by atoms with Gasteiger partial charge in [-0.25, -0.2) is 0 Å². The molecule has 4 nitrogen and oxygen atoms in total. The van der Waals surface area contributed by atoms with Gasteiger partial charge in [-0.15, -0.1) is 0 Å². The van der Waals surface area contributed by atoms with Gasteiger partial charge < -0.3 is 10.1 Å². The first-order valence-corrected chi connectivity index (χ1v) is 8.48. The lowest BCUT2D eigenvalue weighted by Crippen LogP contribution is -2.34. The van der Waals surface area contributed by atoms with Gasteiger partial charge in [-0.3, -0.25) is 10.1 Å². The lowest BCUT2D eigenvalue weighted by Gasteiger charge is -2.11. The Kier molecular flexibility index (Phi) is 7.03. The molecule has 0 aliphatic rings. The number of carbonyl (C=O) groups is 1. The first-order valence-electron chi connectivity index (χ1n) is 7.69. The molecule has 0 saturated carbocycles. The average molecular weight is 363 g/mol. The Hall–Kier alpha value is -2.11. The summed E-state index contributed by atoms with van der Waals surface area (Å²) in [6, 6.07) is 14.1. The normalized spacial score (nSPS) is 10.1. The summed E-state index contributed by atoms with van der Waals surface area (Å²) in [6.45, 7) is 2.83. The second-order valence-corrected chi connectivity index (χ2v) is 5.99. The largest absolute Gasteiger partial charge is 0.494 e. The second kappa shape index (κ2) is 9.25. The van der Waals surface area contributed by atoms with Crippen LogP contribution >= 0.6 is 23.8 Å². The van der Waals surface area contributed by atoms with E-state index in [1.165, 1.54) is 0 Å². The van der Waals surface area contributed by atoms with Crippen LogP contribution in [-0.4, -0.2) is 17.6 Å². The van der Waals surface area contributed by atoms with Crippen LogP contribution in [0.2, 0.25) is 5.02 Å². The summed E-state index contributed by atoms with van der Waals surface area (Å²) in [5.41, 5.74) is 1.22. The van der Waals surface area contributed by atoms with Crippen molar-refractivity contribution in [3.8, 4) is 5.75 Å². The Labute approximate surface area is 152 Å². The van der Waals surface area contributed by atoms with E-state index >= 15 is 0 Å². The summed E-state index contributed by atoms with van der Waals surface area (Å²) in [6.07, 6.45) is 2.12. The highest BCUT2D eigenvalue weighted by Gasteiger charge is 2.08. The van der Waals surface area contributed by atoms with Crippen LogP contribution in [0, 0.1) is 0 Å². The molecule has 0 radical (unpaired) electrons. The van der Waals surface area contributed by atoms with Crippen molar-refractivity contribution in [1.29, 1.82) is 0 Å². The van der Waals surface area contributed by atoms with Crippen LogP contribution in [0.15, 0.2) is 48.5 Å². The van der Waals surface area contributed by atoms with Crippen molar-refractivity contribution in [3.05, 3.63) is 59.1 Å². The molecule has 2 aromatic rings. The Morgan fingerprint density at radius 2 is 1.96 bits per heavy atom. The van der Waals surface area contributed by atoms with Gasteiger partial charge >= 0.3 is 0 Å². The number of unbranched alkanes of at least 4 members (excludes halogenated alkanes) is 1. The van der Waals surface area contributed by atoms with Gasteiger partial charge in [0.1, 0.15) is 5.75 Å². The van der Waals surface area contributed by atoms with Crippen LogP contribution in [0.4, 0.5) is 5.69 Å². The molecule has 126 valence electrons. The van der Waals surface area contributed by atoms with Crippen molar-refractivity contribution in [2.75, 3.05) is 11.9 Å². The van der Waals surface area contributed by atoms with Gasteiger partial charge in [-0.05, 0) is 61.1 Å². The minimum atomic E-state index is -0.311. The van der Waals surface area contributed by atoms with Crippen molar-refractivity contribution in [3.63, 3.8) is 0 Å². The van der Waals surface area contributed by atoms with Gasteiger partial charge in [0, 0.05) is 16.3 Å². The van der Waals surface area contributed by atoms with E-state index in [0.717, 1.165) is 24.3 Å². The van der Waals surface area contributed by atoms with E-state index in [4.69, 9.17) is 28.6 Å². The van der Waals surface area contributed by atoms with E-state index in [-0.39, 0.29) is 11.0 Å². The number of benzene rings is 2. The number of amides is 1. The third kappa shape index (κ3) is 5.83. The molecule has 2 rings (SSSR count). The zero-order chi connectivity index (χ0) is 17.4. The lowest BCUT2D eigenvalue weighted by molar-refractivity contribution is 0.0977. The third-order valence-electron chi connectivity index (χ3n) is 3.19. The zero-order valence-corrected chi connectivity index (χ0v) is 14.9. The lowest BCUT2D eigenvalue weighted by atomic mass is 10.2. The van der Waals surface area contributed by atoms with Gasteiger partial charge in [-0.1, -0.05) is 31.0 Å². The molecule has 0 bridgehead atoms. The minimum Gasteiger partial charge on any atom is -0.494 e. The third-order valence-corrected chi connectivity index (χ3v) is 3.63. The monoisotopic (exact) mass is 362 g/mol. The fourth-order valence-electron chi connectivity index (χ4n) is 1.94. The maximum Gasteiger partial charge on any atom is 0.257 e. The SMILES string of the molecule is CCCCOc1ccc(NC(=S)NC(=O)c2cccc(Cl)c2)cc1. The molecule has 0 aliphatic heterocycles. The van der Waals surface area contributed by atoms with Crippen LogP contribution in [0.1, 0.15) is 30.1 Å². The molecule has 0 unspecified atom stereocenters. The Morgan fingerprint density at radius 3 is 2.62 bits per heavy atom. The number of hydrogen-bond acceptors (Lipinski definition) is 3. The second-order valence-electron chi connectivity index (χ2n) is 5.14. The summed E-state index contributed by atoms with van der Waals surface area (Å²) < 4.78 is 5.60. The highest BCUT2D eigenvalue weighted by atomic mass is 35.5. The predicted molar refractivity (Wildman–Crippen MR) is 102 cm³/mol. The number of carbonyl (C=O) groups excluding carboxylic acids is 1. The van der Waals surface area contributed by atoms with Crippen LogP contribution in [0.25, 0.3) is 0 Å². The molecular weight excluding hydrogens is 344 g/mol. The fraction of sp³-hybridized carbons (Fsp3) is 0.222. The van der Waals surface area contributed by atoms with Crippen molar-refractivity contribution < 1.29 is 9.53 Å². The van der Waals surface area contributed by atoms with Gasteiger partial charge in [-0.2, -0.15) is 0 Å². The zero-order valence-electron chi connectivity index (χ0n) is 13.3. The summed E-state index contributed by atoms with van der Waals surface area (Å²) >= 11 is 11.0. The van der Waals surface area contributed by atoms with Gasteiger partial charge in [0.05, 0.1) is 6.61 Å². The van der Waals surface area contributed by atoms with E-state index in [0.29, 0.717) is 17.2 Å². The molecule has 24 heavy (non-hydrogen) atoms. The number of hydrogen-bond donors (Lipinski definition) is 2. The van der Waals surface area contributed by atoms with Crippen molar-refractivity contribution in [1.82, 2.24) is 5.32 Å². The molecule has 2 N–H and O–H groups in total. The first kappa shape index (κ1) is 18.2. The Morgan fingerprint density at radius 1 is 1.21 bits per heavy atom. The number of anilines is 1. The summed E-state index contributed by atoms with van der Waals surface area (Å²) in [7, 11) is 0. The Bertz CT molecular complexity index is 704. The molecule has 1 amide bonds. The minimum absolute atomic E-state index is 0.222. The van der Waals surface area contributed by atoms with Gasteiger partial charge in [0.2, 0.25) is 0 Å². The molecule has 6 heteroatoms. The number of rotatable bonds is 6. The maximum absolute atomic E-state index is 12.1. The molecule has 0 aromatic heterocycles. The summed E-state index contributed by atoms with van der Waals surface area (Å²) in [5, 5.41) is 6.30. The number of nitrogens with one attached hydrogen (secondary N) is 2.